The van der Waals surface area contributed by atoms with Gasteiger partial charge in [-0.15, -0.1) is 0 Å². The van der Waals surface area contributed by atoms with E-state index < -0.39 is 22.8 Å². The molecule has 2 fully saturated rings. The Morgan fingerprint density at radius 1 is 1.24 bits per heavy atom. The molecule has 2 aliphatic rings. The molecule has 5 nitrogen and oxygen atoms in total. The molecule has 21 heavy (non-hydrogen) atoms. The Kier molecular flexibility index (Phi) is 3.19. The highest BCUT2D eigenvalue weighted by molar-refractivity contribution is 5.93. The van der Waals surface area contributed by atoms with Gasteiger partial charge in [0.15, 0.2) is 0 Å². The van der Waals surface area contributed by atoms with E-state index in [0.717, 1.165) is 25.7 Å². The Morgan fingerprint density at radius 3 is 2.76 bits per heavy atom. The van der Waals surface area contributed by atoms with Crippen LogP contribution in [0, 0.1) is 11.4 Å². The Hall–Kier alpha value is -1.98. The summed E-state index contributed by atoms with van der Waals surface area (Å²) in [6, 6.07) is 4.13. The number of carbonyl (C=O) groups is 2. The number of carbonyl (C=O) groups excluding carboxylic acids is 2. The maximum Gasteiger partial charge on any atom is 0.270 e. The first-order valence-electron chi connectivity index (χ1n) is 7.20. The standard InChI is InChI=1S/C15H18FN3O2/c16-11-4-1-3-10(18-11)12(20)19-15-6-2-5-14(9-15,7-8-15)13(17)21/h1,3-4H,2,5-9H2,(H2,17,21)(H,19,20)/t14-,15+/m0/s1. The van der Waals surface area contributed by atoms with Crippen LogP contribution in [0.2, 0.25) is 0 Å². The monoisotopic (exact) mass is 291 g/mol. The summed E-state index contributed by atoms with van der Waals surface area (Å²) in [5.41, 5.74) is 4.72. The van der Waals surface area contributed by atoms with E-state index in [1.165, 1.54) is 18.2 Å². The minimum atomic E-state index is -0.679. The second-order valence-corrected chi connectivity index (χ2v) is 6.25. The van der Waals surface area contributed by atoms with Crippen LogP contribution >= 0.6 is 0 Å². The van der Waals surface area contributed by atoms with Gasteiger partial charge in [-0.2, -0.15) is 4.39 Å². The van der Waals surface area contributed by atoms with Crippen molar-refractivity contribution in [2.75, 3.05) is 0 Å². The Balaban J connectivity index is 1.79. The number of hydrogen-bond donors (Lipinski definition) is 2. The highest BCUT2D eigenvalue weighted by Crippen LogP contribution is 2.53. The van der Waals surface area contributed by atoms with E-state index in [2.05, 4.69) is 10.3 Å². The number of aromatic nitrogens is 1. The van der Waals surface area contributed by atoms with Crippen LogP contribution in [-0.4, -0.2) is 22.3 Å². The summed E-state index contributed by atoms with van der Waals surface area (Å²) in [6.07, 6.45) is 4.49. The maximum atomic E-state index is 13.1. The van der Waals surface area contributed by atoms with Gasteiger partial charge in [0.1, 0.15) is 5.69 Å². The lowest BCUT2D eigenvalue weighted by molar-refractivity contribution is -0.128. The lowest BCUT2D eigenvalue weighted by atomic mass is 9.72. The van der Waals surface area contributed by atoms with E-state index in [0.29, 0.717) is 12.8 Å². The van der Waals surface area contributed by atoms with Gasteiger partial charge in [0.2, 0.25) is 11.9 Å². The number of pyridine rings is 1. The first-order chi connectivity index (χ1) is 9.95. The van der Waals surface area contributed by atoms with E-state index in [-0.39, 0.29) is 11.6 Å². The summed E-state index contributed by atoms with van der Waals surface area (Å²) in [7, 11) is 0. The third-order valence-corrected chi connectivity index (χ3v) is 4.92. The van der Waals surface area contributed by atoms with Crippen molar-refractivity contribution in [3.63, 3.8) is 0 Å². The van der Waals surface area contributed by atoms with Crippen molar-refractivity contribution in [2.24, 2.45) is 11.1 Å². The van der Waals surface area contributed by atoms with Gasteiger partial charge < -0.3 is 11.1 Å². The smallest absolute Gasteiger partial charge is 0.270 e. The molecule has 0 aliphatic heterocycles. The SMILES string of the molecule is NC(=O)[C@@]12CCC[C@@](NC(=O)c3cccc(F)n3)(CC1)C2. The Morgan fingerprint density at radius 2 is 2.05 bits per heavy atom. The van der Waals surface area contributed by atoms with Crippen molar-refractivity contribution in [3.8, 4) is 0 Å². The molecule has 0 aromatic carbocycles. The van der Waals surface area contributed by atoms with Gasteiger partial charge in [-0.05, 0) is 44.2 Å². The zero-order chi connectivity index (χ0) is 15.1. The normalized spacial score (nSPS) is 30.9. The molecule has 0 radical (unpaired) electrons. The molecule has 2 saturated carbocycles. The summed E-state index contributed by atoms with van der Waals surface area (Å²) < 4.78 is 13.1. The van der Waals surface area contributed by atoms with Gasteiger partial charge in [0, 0.05) is 5.54 Å². The van der Waals surface area contributed by atoms with Crippen LogP contribution in [0.3, 0.4) is 0 Å². The summed E-state index contributed by atoms with van der Waals surface area (Å²) in [5, 5.41) is 2.97. The fourth-order valence-electron chi connectivity index (χ4n) is 3.84. The minimum Gasteiger partial charge on any atom is -0.369 e. The van der Waals surface area contributed by atoms with Crippen molar-refractivity contribution in [2.45, 2.75) is 44.1 Å². The molecule has 0 saturated heterocycles. The molecule has 2 aliphatic carbocycles. The van der Waals surface area contributed by atoms with E-state index >= 15 is 0 Å². The van der Waals surface area contributed by atoms with Crippen molar-refractivity contribution in [3.05, 3.63) is 29.8 Å². The zero-order valence-electron chi connectivity index (χ0n) is 11.7. The minimum absolute atomic E-state index is 0.0616. The molecule has 1 aromatic rings. The first-order valence-corrected chi connectivity index (χ1v) is 7.20. The molecule has 3 N–H and O–H groups in total. The van der Waals surface area contributed by atoms with Crippen molar-refractivity contribution in [1.82, 2.24) is 10.3 Å². The fourth-order valence-corrected chi connectivity index (χ4v) is 3.84. The molecule has 1 heterocycles. The molecule has 0 spiro atoms. The lowest BCUT2D eigenvalue weighted by Gasteiger charge is -2.38. The van der Waals surface area contributed by atoms with Crippen LogP contribution in [0.25, 0.3) is 0 Å². The number of nitrogens with zero attached hydrogens (tertiary/aromatic N) is 1. The van der Waals surface area contributed by atoms with E-state index in [1.807, 2.05) is 0 Å². The predicted octanol–water partition coefficient (Wildman–Crippen LogP) is 1.53. The average Bonchev–Trinajstić information content (AvgIpc) is 2.71. The summed E-state index contributed by atoms with van der Waals surface area (Å²) in [6.45, 7) is 0. The van der Waals surface area contributed by atoms with Crippen molar-refractivity contribution >= 4 is 11.8 Å². The number of primary amides is 1. The van der Waals surface area contributed by atoms with Crippen LogP contribution < -0.4 is 11.1 Å². The Labute approximate surface area is 122 Å². The summed E-state index contributed by atoms with van der Waals surface area (Å²) in [4.78, 5) is 27.6. The van der Waals surface area contributed by atoms with Gasteiger partial charge in [0.25, 0.3) is 5.91 Å². The molecule has 2 amide bonds. The fraction of sp³-hybridized carbons (Fsp3) is 0.533. The number of hydrogen-bond acceptors (Lipinski definition) is 3. The molecule has 3 rings (SSSR count). The second-order valence-electron chi connectivity index (χ2n) is 6.25. The quantitative estimate of drug-likeness (QED) is 0.828. The predicted molar refractivity (Wildman–Crippen MR) is 73.7 cm³/mol. The molecule has 1 aromatic heterocycles. The molecule has 6 heteroatoms. The van der Waals surface area contributed by atoms with Crippen LogP contribution in [0.4, 0.5) is 4.39 Å². The van der Waals surface area contributed by atoms with Gasteiger partial charge in [-0.25, -0.2) is 4.98 Å². The summed E-state index contributed by atoms with van der Waals surface area (Å²) >= 11 is 0. The van der Waals surface area contributed by atoms with Crippen LogP contribution in [0.15, 0.2) is 18.2 Å². The first kappa shape index (κ1) is 14.0. The molecule has 2 bridgehead atoms. The van der Waals surface area contributed by atoms with E-state index in [1.54, 1.807) is 0 Å². The number of fused-ring (bicyclic) bond motifs is 2. The number of nitrogens with two attached hydrogens (primary N) is 1. The highest BCUT2D eigenvalue weighted by Gasteiger charge is 2.54. The van der Waals surface area contributed by atoms with E-state index in [4.69, 9.17) is 5.73 Å². The number of amides is 2. The number of rotatable bonds is 3. The van der Waals surface area contributed by atoms with Gasteiger partial charge in [-0.1, -0.05) is 12.5 Å². The molecular formula is C15H18FN3O2. The highest BCUT2D eigenvalue weighted by atomic mass is 19.1. The van der Waals surface area contributed by atoms with Gasteiger partial charge >= 0.3 is 0 Å². The van der Waals surface area contributed by atoms with E-state index in [9.17, 15) is 14.0 Å². The molecule has 0 unspecified atom stereocenters. The van der Waals surface area contributed by atoms with Crippen LogP contribution in [0.5, 0.6) is 0 Å². The third kappa shape index (κ3) is 2.39. The molecular weight excluding hydrogens is 273 g/mol. The largest absolute Gasteiger partial charge is 0.369 e. The topological polar surface area (TPSA) is 85.1 Å². The number of nitrogens with one attached hydrogen (secondary N) is 1. The van der Waals surface area contributed by atoms with Crippen molar-refractivity contribution < 1.29 is 14.0 Å². The van der Waals surface area contributed by atoms with Crippen LogP contribution in [0.1, 0.15) is 49.0 Å². The third-order valence-electron chi connectivity index (χ3n) is 4.92. The van der Waals surface area contributed by atoms with Crippen LogP contribution in [-0.2, 0) is 4.79 Å². The molecule has 2 atom stereocenters. The average molecular weight is 291 g/mol. The lowest BCUT2D eigenvalue weighted by Crippen LogP contribution is -2.51. The van der Waals surface area contributed by atoms with Gasteiger partial charge in [-0.3, -0.25) is 9.59 Å². The van der Waals surface area contributed by atoms with Gasteiger partial charge in [0.05, 0.1) is 5.41 Å². The maximum absolute atomic E-state index is 13.1. The van der Waals surface area contributed by atoms with Crippen molar-refractivity contribution in [1.29, 1.82) is 0 Å². The number of halogens is 1. The zero-order valence-corrected chi connectivity index (χ0v) is 11.7. The molecule has 112 valence electrons. The summed E-state index contributed by atoms with van der Waals surface area (Å²) in [5.74, 6) is -1.35. The Bertz CT molecular complexity index is 606. The second kappa shape index (κ2) is 4.79.